The Bertz CT molecular complexity index is 2020. The Morgan fingerprint density at radius 1 is 0.369 bits per heavy atom. The molecule has 0 aromatic heterocycles. The van der Waals surface area contributed by atoms with Crippen molar-refractivity contribution in [2.45, 2.75) is 238 Å². The zero-order valence-corrected chi connectivity index (χ0v) is 54.7. The Kier molecular flexibility index (Phi) is 59.4. The molecule has 84 heavy (non-hydrogen) atoms. The van der Waals surface area contributed by atoms with Gasteiger partial charge in [-0.1, -0.05) is 261 Å². The van der Waals surface area contributed by atoms with Crippen molar-refractivity contribution >= 4 is 19.8 Å². The molecule has 10 heteroatoms. The van der Waals surface area contributed by atoms with E-state index in [-0.39, 0.29) is 26.1 Å². The molecule has 2 atom stereocenters. The van der Waals surface area contributed by atoms with Gasteiger partial charge < -0.3 is 27.9 Å². The molecular weight excluding hydrogens is 1060 g/mol. The van der Waals surface area contributed by atoms with Crippen LogP contribution < -0.4 is 4.89 Å². The van der Waals surface area contributed by atoms with Crippen LogP contribution in [0.5, 0.6) is 0 Å². The molecule has 0 bridgehead atoms. The monoisotopic (exact) mass is 1180 g/mol. The van der Waals surface area contributed by atoms with E-state index in [1.54, 1.807) is 0 Å². The Morgan fingerprint density at radius 2 is 0.643 bits per heavy atom. The lowest BCUT2D eigenvalue weighted by molar-refractivity contribution is -0.870. The first-order valence-corrected chi connectivity index (χ1v) is 34.3. The summed E-state index contributed by atoms with van der Waals surface area (Å²) in [6.07, 6.45) is 95.5. The number of carbonyl (C=O) groups excluding carboxylic acids is 2. The molecule has 0 saturated carbocycles. The van der Waals surface area contributed by atoms with Crippen molar-refractivity contribution in [2.24, 2.45) is 0 Å². The summed E-state index contributed by atoms with van der Waals surface area (Å²) in [7, 11) is 1.12. The quantitative estimate of drug-likeness (QED) is 0.0195. The molecule has 0 N–H and O–H groups in total. The topological polar surface area (TPSA) is 111 Å². The fraction of sp³-hybridized carbons (Fsp3) is 0.595. The molecule has 0 amide bonds. The normalized spacial score (nSPS) is 14.3. The predicted octanol–water partition coefficient (Wildman–Crippen LogP) is 20.7. The zero-order valence-electron chi connectivity index (χ0n) is 53.8. The number of hydrogen-bond donors (Lipinski definition) is 0. The number of hydrogen-bond acceptors (Lipinski definition) is 8. The summed E-state index contributed by atoms with van der Waals surface area (Å²) in [5.74, 6) is -0.876. The molecule has 0 aliphatic heterocycles. The van der Waals surface area contributed by atoms with Gasteiger partial charge in [-0.2, -0.15) is 0 Å². The van der Waals surface area contributed by atoms with Crippen molar-refractivity contribution in [1.82, 2.24) is 0 Å². The highest BCUT2D eigenvalue weighted by Crippen LogP contribution is 2.38. The SMILES string of the molecule is CC/C=C\C/C=C\C/C=C\C/C=C\C/C=C\C/C=C\C/C=C\C/C=C\CCCCCCC(=O)OC(COC(=O)CCCCCCCCCCCCCC/C=C\C/C=C\C/C=C\C/C=C\C/C=C\C/C=C\CC)COP(=O)([O-])OCC[N+](C)(C)C. The van der Waals surface area contributed by atoms with Gasteiger partial charge in [0, 0.05) is 12.8 Å². The summed E-state index contributed by atoms with van der Waals surface area (Å²) >= 11 is 0. The molecule has 0 aliphatic carbocycles. The Morgan fingerprint density at radius 3 is 0.952 bits per heavy atom. The van der Waals surface area contributed by atoms with E-state index in [9.17, 15) is 19.0 Å². The van der Waals surface area contributed by atoms with Crippen LogP contribution in [-0.2, 0) is 32.7 Å². The fourth-order valence-electron chi connectivity index (χ4n) is 8.26. The number of ether oxygens (including phenoxy) is 2. The van der Waals surface area contributed by atoms with E-state index in [1.165, 1.54) is 57.8 Å². The third-order valence-electron chi connectivity index (χ3n) is 13.2. The average Bonchev–Trinajstić information content (AvgIpc) is 3.61. The van der Waals surface area contributed by atoms with Gasteiger partial charge in [0.1, 0.15) is 19.8 Å². The summed E-state index contributed by atoms with van der Waals surface area (Å²) in [4.78, 5) is 38.0. The minimum absolute atomic E-state index is 0.0460. The number of carbonyl (C=O) groups is 2. The van der Waals surface area contributed by atoms with E-state index in [4.69, 9.17) is 18.5 Å². The number of unbranched alkanes of at least 4 members (excludes halogenated alkanes) is 16. The second kappa shape index (κ2) is 62.9. The number of allylic oxidation sites excluding steroid dienone is 28. The fourth-order valence-corrected chi connectivity index (χ4v) is 8.99. The number of likely N-dealkylation sites (N-methyl/N-ethyl adjacent to an activating group) is 1. The summed E-state index contributed by atoms with van der Waals surface area (Å²) in [5, 5.41) is 0. The lowest BCUT2D eigenvalue weighted by Gasteiger charge is -2.28. The van der Waals surface area contributed by atoms with Crippen LogP contribution in [0.2, 0.25) is 0 Å². The number of esters is 2. The van der Waals surface area contributed by atoms with E-state index < -0.39 is 32.5 Å². The number of phosphoric ester groups is 1. The standard InChI is InChI=1S/C74H120NO8P/c1-6-8-10-12-14-16-18-20-22-24-26-28-30-32-34-36-37-39-40-42-44-46-48-50-52-54-56-58-60-62-64-66-73(76)80-70-72(71-82-84(78,79)81-69-68-75(3,4)5)83-74(77)67-65-63-61-59-57-55-53-51-49-47-45-43-41-38-35-33-31-29-27-25-23-21-19-17-15-13-11-9-7-2/h8-11,14-17,20-23,26-29,32-35,37,39,41,43,47,49,53,55,72H,6-7,12-13,18-19,24-25,30-31,36,38,40,42,44-46,48,50-52,54,56-71H2,1-5H3/b10-8-,11-9-,16-14-,17-15-,22-20-,23-21-,28-26-,29-27-,34-32-,35-33-,39-37-,43-41-,49-47-,55-53-. The first kappa shape index (κ1) is 79.4. The van der Waals surface area contributed by atoms with Crippen LogP contribution in [0.25, 0.3) is 0 Å². The number of rotatable bonds is 58. The van der Waals surface area contributed by atoms with E-state index >= 15 is 0 Å². The van der Waals surface area contributed by atoms with Crippen LogP contribution in [0.4, 0.5) is 0 Å². The molecule has 0 aliphatic rings. The zero-order chi connectivity index (χ0) is 61.2. The van der Waals surface area contributed by atoms with E-state index in [1.807, 2.05) is 21.1 Å². The molecule has 0 fully saturated rings. The second-order valence-corrected chi connectivity index (χ2v) is 23.8. The summed E-state index contributed by atoms with van der Waals surface area (Å²) in [5.41, 5.74) is 0. The van der Waals surface area contributed by atoms with Gasteiger partial charge in [0.25, 0.3) is 7.82 Å². The van der Waals surface area contributed by atoms with Crippen LogP contribution in [0.1, 0.15) is 232 Å². The van der Waals surface area contributed by atoms with Gasteiger partial charge in [0.2, 0.25) is 0 Å². The molecule has 0 spiro atoms. The smallest absolute Gasteiger partial charge is 0.306 e. The van der Waals surface area contributed by atoms with Crippen LogP contribution in [0, 0.1) is 0 Å². The maximum Gasteiger partial charge on any atom is 0.306 e. The molecule has 474 valence electrons. The van der Waals surface area contributed by atoms with E-state index in [2.05, 4.69) is 184 Å². The minimum Gasteiger partial charge on any atom is -0.756 e. The summed E-state index contributed by atoms with van der Waals surface area (Å²) in [6, 6.07) is 0. The number of quaternary nitrogens is 1. The molecular formula is C74H120NO8P. The van der Waals surface area contributed by atoms with Crippen LogP contribution >= 0.6 is 7.82 Å². The Labute approximate surface area is 515 Å². The van der Waals surface area contributed by atoms with E-state index in [0.717, 1.165) is 135 Å². The van der Waals surface area contributed by atoms with Crippen molar-refractivity contribution in [3.63, 3.8) is 0 Å². The van der Waals surface area contributed by atoms with Gasteiger partial charge in [-0.25, -0.2) is 0 Å². The molecule has 9 nitrogen and oxygen atoms in total. The van der Waals surface area contributed by atoms with Crippen LogP contribution in [-0.4, -0.2) is 70.0 Å². The van der Waals surface area contributed by atoms with Crippen molar-refractivity contribution in [3.8, 4) is 0 Å². The van der Waals surface area contributed by atoms with Gasteiger partial charge in [-0.3, -0.25) is 14.2 Å². The molecule has 2 unspecified atom stereocenters. The maximum atomic E-state index is 12.8. The van der Waals surface area contributed by atoms with E-state index in [0.29, 0.717) is 23.9 Å². The lowest BCUT2D eigenvalue weighted by atomic mass is 10.0. The lowest BCUT2D eigenvalue weighted by Crippen LogP contribution is -2.37. The number of nitrogens with zero attached hydrogens (tertiary/aromatic N) is 1. The van der Waals surface area contributed by atoms with Gasteiger partial charge in [0.15, 0.2) is 6.10 Å². The van der Waals surface area contributed by atoms with Gasteiger partial charge in [-0.05, 0) is 128 Å². The van der Waals surface area contributed by atoms with Crippen molar-refractivity contribution in [1.29, 1.82) is 0 Å². The van der Waals surface area contributed by atoms with Crippen molar-refractivity contribution in [3.05, 3.63) is 170 Å². The minimum atomic E-state index is -4.66. The van der Waals surface area contributed by atoms with Gasteiger partial charge in [0.05, 0.1) is 27.7 Å². The van der Waals surface area contributed by atoms with Crippen LogP contribution in [0.3, 0.4) is 0 Å². The second-order valence-electron chi connectivity index (χ2n) is 22.4. The molecule has 0 aromatic rings. The molecule has 0 aromatic carbocycles. The van der Waals surface area contributed by atoms with Crippen LogP contribution in [0.15, 0.2) is 170 Å². The van der Waals surface area contributed by atoms with Crippen molar-refractivity contribution in [2.75, 3.05) is 47.5 Å². The average molecular weight is 1180 g/mol. The summed E-state index contributed by atoms with van der Waals surface area (Å²) < 4.78 is 34.2. The highest BCUT2D eigenvalue weighted by Gasteiger charge is 2.22. The third kappa shape index (κ3) is 66.5. The predicted molar refractivity (Wildman–Crippen MR) is 360 cm³/mol. The first-order chi connectivity index (χ1) is 41.0. The summed E-state index contributed by atoms with van der Waals surface area (Å²) in [6.45, 7) is 3.96. The van der Waals surface area contributed by atoms with Gasteiger partial charge >= 0.3 is 11.9 Å². The highest BCUT2D eigenvalue weighted by atomic mass is 31.2. The maximum absolute atomic E-state index is 12.8. The largest absolute Gasteiger partial charge is 0.756 e. The number of phosphoric acid groups is 1. The Hall–Kier alpha value is -4.63. The third-order valence-corrected chi connectivity index (χ3v) is 14.2. The van der Waals surface area contributed by atoms with Gasteiger partial charge in [-0.15, -0.1) is 0 Å². The molecule has 0 radical (unpaired) electrons. The molecule has 0 rings (SSSR count). The molecule has 0 saturated heterocycles. The Balaban J connectivity index is 4.21. The first-order valence-electron chi connectivity index (χ1n) is 32.8. The van der Waals surface area contributed by atoms with Crippen molar-refractivity contribution < 1.29 is 42.1 Å². The molecule has 0 heterocycles. The highest BCUT2D eigenvalue weighted by molar-refractivity contribution is 7.45.